The van der Waals surface area contributed by atoms with Gasteiger partial charge >= 0.3 is 0 Å². The molecule has 0 radical (unpaired) electrons. The van der Waals surface area contributed by atoms with E-state index in [9.17, 15) is 4.79 Å². The van der Waals surface area contributed by atoms with Gasteiger partial charge in [-0.1, -0.05) is 25.7 Å². The fourth-order valence-corrected chi connectivity index (χ4v) is 3.09. The number of rotatable bonds is 5. The molecule has 1 atom stereocenters. The van der Waals surface area contributed by atoms with Crippen LogP contribution in [0.25, 0.3) is 0 Å². The summed E-state index contributed by atoms with van der Waals surface area (Å²) in [7, 11) is 1.99. The number of amides is 1. The average Bonchev–Trinajstić information content (AvgIpc) is 2.68. The first-order valence-electron chi connectivity index (χ1n) is 8.04. The molecule has 2 fully saturated rings. The van der Waals surface area contributed by atoms with Crippen molar-refractivity contribution in [2.24, 2.45) is 0 Å². The normalized spacial score (nSPS) is 25.4. The summed E-state index contributed by atoms with van der Waals surface area (Å²) in [6, 6.07) is 0.394. The fraction of sp³-hybridized carbons (Fsp3) is 0.933. The first-order valence-corrected chi connectivity index (χ1v) is 8.04. The Kier molecular flexibility index (Phi) is 6.76. The molecule has 5 heteroatoms. The topological polar surface area (TPSA) is 53.6 Å². The second-order valence-corrected chi connectivity index (χ2v) is 6.15. The molecular formula is C15H29N3O2. The van der Waals surface area contributed by atoms with E-state index in [1.807, 2.05) is 7.05 Å². The van der Waals surface area contributed by atoms with E-state index in [0.717, 1.165) is 39.1 Å². The van der Waals surface area contributed by atoms with Crippen molar-refractivity contribution in [2.45, 2.75) is 50.7 Å². The van der Waals surface area contributed by atoms with Crippen molar-refractivity contribution in [3.05, 3.63) is 0 Å². The predicted molar refractivity (Wildman–Crippen MR) is 79.7 cm³/mol. The molecule has 1 aliphatic heterocycles. The van der Waals surface area contributed by atoms with Gasteiger partial charge in [-0.25, -0.2) is 0 Å². The Morgan fingerprint density at radius 2 is 2.05 bits per heavy atom. The Morgan fingerprint density at radius 1 is 1.30 bits per heavy atom. The van der Waals surface area contributed by atoms with Gasteiger partial charge in [0.05, 0.1) is 19.3 Å². The van der Waals surface area contributed by atoms with Crippen LogP contribution in [0, 0.1) is 0 Å². The Balaban J connectivity index is 1.64. The molecule has 1 saturated carbocycles. The Labute approximate surface area is 122 Å². The van der Waals surface area contributed by atoms with Crippen LogP contribution < -0.4 is 10.6 Å². The van der Waals surface area contributed by atoms with Gasteiger partial charge in [0, 0.05) is 25.7 Å². The van der Waals surface area contributed by atoms with Gasteiger partial charge in [0.1, 0.15) is 0 Å². The van der Waals surface area contributed by atoms with Gasteiger partial charge in [-0.05, 0) is 19.9 Å². The maximum Gasteiger partial charge on any atom is 0.234 e. The van der Waals surface area contributed by atoms with Gasteiger partial charge in [-0.3, -0.25) is 9.69 Å². The molecule has 1 aliphatic carbocycles. The number of ether oxygens (including phenoxy) is 1. The van der Waals surface area contributed by atoms with Gasteiger partial charge in [-0.15, -0.1) is 0 Å². The summed E-state index contributed by atoms with van der Waals surface area (Å²) >= 11 is 0. The maximum absolute atomic E-state index is 12.1. The lowest BCUT2D eigenvalue weighted by Gasteiger charge is -2.28. The fourth-order valence-electron chi connectivity index (χ4n) is 3.09. The standard InChI is InChI=1S/C15H29N3O2/c1-18(11-14-10-16-8-9-20-14)12-15(19)17-13-6-4-2-3-5-7-13/h13-14,16H,2-12H2,1H3,(H,17,19). The summed E-state index contributed by atoms with van der Waals surface area (Å²) in [5.74, 6) is 0.156. The largest absolute Gasteiger partial charge is 0.374 e. The van der Waals surface area contributed by atoms with Crippen LogP contribution in [-0.4, -0.2) is 62.8 Å². The lowest BCUT2D eigenvalue weighted by Crippen LogP contribution is -2.47. The van der Waals surface area contributed by atoms with Crippen molar-refractivity contribution in [3.8, 4) is 0 Å². The molecule has 1 saturated heterocycles. The summed E-state index contributed by atoms with van der Waals surface area (Å²) in [5, 5.41) is 6.50. The number of nitrogens with zero attached hydrogens (tertiary/aromatic N) is 1. The van der Waals surface area contributed by atoms with E-state index in [1.165, 1.54) is 25.7 Å². The summed E-state index contributed by atoms with van der Waals surface area (Å²) in [6.45, 7) is 3.87. The summed E-state index contributed by atoms with van der Waals surface area (Å²) in [6.07, 6.45) is 7.64. The van der Waals surface area contributed by atoms with Crippen molar-refractivity contribution in [2.75, 3.05) is 39.8 Å². The summed E-state index contributed by atoms with van der Waals surface area (Å²) in [4.78, 5) is 14.1. The minimum absolute atomic E-state index is 0.156. The molecule has 0 bridgehead atoms. The molecule has 20 heavy (non-hydrogen) atoms. The van der Waals surface area contributed by atoms with E-state index >= 15 is 0 Å². The molecule has 116 valence electrons. The van der Waals surface area contributed by atoms with Gasteiger partial charge in [0.25, 0.3) is 0 Å². The van der Waals surface area contributed by atoms with E-state index < -0.39 is 0 Å². The third kappa shape index (κ3) is 5.77. The zero-order valence-electron chi connectivity index (χ0n) is 12.7. The number of hydrogen-bond acceptors (Lipinski definition) is 4. The van der Waals surface area contributed by atoms with Crippen LogP contribution in [0.4, 0.5) is 0 Å². The molecule has 1 heterocycles. The molecular weight excluding hydrogens is 254 g/mol. The minimum Gasteiger partial charge on any atom is -0.374 e. The van der Waals surface area contributed by atoms with Crippen molar-refractivity contribution in [1.82, 2.24) is 15.5 Å². The first kappa shape index (κ1) is 15.7. The Morgan fingerprint density at radius 3 is 2.70 bits per heavy atom. The van der Waals surface area contributed by atoms with Crippen LogP contribution in [-0.2, 0) is 9.53 Å². The number of hydrogen-bond donors (Lipinski definition) is 2. The highest BCUT2D eigenvalue weighted by Gasteiger charge is 2.19. The van der Waals surface area contributed by atoms with E-state index in [0.29, 0.717) is 12.6 Å². The molecule has 2 N–H and O–H groups in total. The van der Waals surface area contributed by atoms with Crippen LogP contribution in [0.15, 0.2) is 0 Å². The second-order valence-electron chi connectivity index (χ2n) is 6.15. The van der Waals surface area contributed by atoms with Crippen molar-refractivity contribution in [1.29, 1.82) is 0 Å². The highest BCUT2D eigenvalue weighted by Crippen LogP contribution is 2.17. The molecule has 2 rings (SSSR count). The quantitative estimate of drug-likeness (QED) is 0.731. The lowest BCUT2D eigenvalue weighted by molar-refractivity contribution is -0.123. The number of carbonyl (C=O) groups excluding carboxylic acids is 1. The predicted octanol–water partition coefficient (Wildman–Crippen LogP) is 0.746. The average molecular weight is 283 g/mol. The van der Waals surface area contributed by atoms with E-state index in [-0.39, 0.29) is 12.0 Å². The molecule has 1 unspecified atom stereocenters. The second kappa shape index (κ2) is 8.60. The van der Waals surface area contributed by atoms with Crippen LogP contribution >= 0.6 is 0 Å². The molecule has 0 aromatic heterocycles. The van der Waals surface area contributed by atoms with Gasteiger partial charge in [0.2, 0.25) is 5.91 Å². The number of likely N-dealkylation sites (N-methyl/N-ethyl adjacent to an activating group) is 1. The van der Waals surface area contributed by atoms with E-state index in [4.69, 9.17) is 4.74 Å². The van der Waals surface area contributed by atoms with Crippen molar-refractivity contribution in [3.63, 3.8) is 0 Å². The molecule has 5 nitrogen and oxygen atoms in total. The zero-order chi connectivity index (χ0) is 14.2. The highest BCUT2D eigenvalue weighted by molar-refractivity contribution is 5.78. The van der Waals surface area contributed by atoms with Crippen LogP contribution in [0.1, 0.15) is 38.5 Å². The summed E-state index contributed by atoms with van der Waals surface area (Å²) in [5.41, 5.74) is 0. The molecule has 0 spiro atoms. The number of carbonyl (C=O) groups is 1. The number of morpholine rings is 1. The first-order chi connectivity index (χ1) is 9.74. The van der Waals surface area contributed by atoms with Crippen LogP contribution in [0.5, 0.6) is 0 Å². The smallest absolute Gasteiger partial charge is 0.234 e. The van der Waals surface area contributed by atoms with Crippen LogP contribution in [0.2, 0.25) is 0 Å². The third-order valence-corrected chi connectivity index (χ3v) is 4.15. The summed E-state index contributed by atoms with van der Waals surface area (Å²) < 4.78 is 5.66. The van der Waals surface area contributed by atoms with Crippen molar-refractivity contribution < 1.29 is 9.53 Å². The molecule has 0 aromatic rings. The Hall–Kier alpha value is -0.650. The highest BCUT2D eigenvalue weighted by atomic mass is 16.5. The zero-order valence-corrected chi connectivity index (χ0v) is 12.7. The minimum atomic E-state index is 0.156. The maximum atomic E-state index is 12.1. The number of nitrogens with one attached hydrogen (secondary N) is 2. The monoisotopic (exact) mass is 283 g/mol. The van der Waals surface area contributed by atoms with E-state index in [2.05, 4.69) is 15.5 Å². The third-order valence-electron chi connectivity index (χ3n) is 4.15. The van der Waals surface area contributed by atoms with Gasteiger partial charge in [-0.2, -0.15) is 0 Å². The van der Waals surface area contributed by atoms with Crippen LogP contribution in [0.3, 0.4) is 0 Å². The SMILES string of the molecule is CN(CC(=O)NC1CCCCCC1)CC1CNCCO1. The molecule has 1 amide bonds. The van der Waals surface area contributed by atoms with Gasteiger partial charge in [0.15, 0.2) is 0 Å². The van der Waals surface area contributed by atoms with Crippen molar-refractivity contribution >= 4 is 5.91 Å². The lowest BCUT2D eigenvalue weighted by atomic mass is 10.1. The molecule has 0 aromatic carbocycles. The van der Waals surface area contributed by atoms with Gasteiger partial charge < -0.3 is 15.4 Å². The molecule has 2 aliphatic rings. The Bertz CT molecular complexity index is 285. The van der Waals surface area contributed by atoms with E-state index in [1.54, 1.807) is 0 Å².